The Bertz CT molecular complexity index is 1150. The van der Waals surface area contributed by atoms with Gasteiger partial charge in [0.05, 0.1) is 17.3 Å². The highest BCUT2D eigenvalue weighted by molar-refractivity contribution is 5.66. The Hall–Kier alpha value is -3.24. The van der Waals surface area contributed by atoms with Gasteiger partial charge in [0.2, 0.25) is 0 Å². The zero-order chi connectivity index (χ0) is 22.1. The summed E-state index contributed by atoms with van der Waals surface area (Å²) in [5.74, 6) is 1.09. The van der Waals surface area contributed by atoms with Crippen LogP contribution in [0.4, 0.5) is 5.82 Å². The summed E-state index contributed by atoms with van der Waals surface area (Å²) in [6.07, 6.45) is 7.35. The second-order valence-electron chi connectivity index (χ2n) is 8.97. The van der Waals surface area contributed by atoms with Gasteiger partial charge >= 0.3 is 0 Å². The molecule has 2 aromatic heterocycles. The Morgan fingerprint density at radius 3 is 2.69 bits per heavy atom. The zero-order valence-electron chi connectivity index (χ0n) is 18.8. The van der Waals surface area contributed by atoms with Gasteiger partial charge in [0, 0.05) is 44.5 Å². The summed E-state index contributed by atoms with van der Waals surface area (Å²) < 4.78 is 1.88. The fourth-order valence-corrected chi connectivity index (χ4v) is 5.21. The van der Waals surface area contributed by atoms with Gasteiger partial charge in [-0.3, -0.25) is 9.58 Å². The van der Waals surface area contributed by atoms with Crippen molar-refractivity contribution in [2.45, 2.75) is 44.7 Å². The Kier molecular flexibility index (Phi) is 5.62. The summed E-state index contributed by atoms with van der Waals surface area (Å²) in [6.45, 7) is 2.87. The first-order valence-electron chi connectivity index (χ1n) is 11.4. The van der Waals surface area contributed by atoms with E-state index >= 15 is 0 Å². The molecule has 164 valence electrons. The predicted octanol–water partition coefficient (Wildman–Crippen LogP) is 3.34. The summed E-state index contributed by atoms with van der Waals surface area (Å²) >= 11 is 0. The zero-order valence-corrected chi connectivity index (χ0v) is 18.8. The first-order chi connectivity index (χ1) is 15.6. The van der Waals surface area contributed by atoms with Crippen molar-refractivity contribution in [1.82, 2.24) is 24.9 Å². The monoisotopic (exact) mass is 427 g/mol. The molecule has 1 aliphatic carbocycles. The molecule has 0 radical (unpaired) electrons. The Morgan fingerprint density at radius 2 is 1.94 bits per heavy atom. The smallest absolute Gasteiger partial charge is 0.154 e. The maximum absolute atomic E-state index is 9.15. The predicted molar refractivity (Wildman–Crippen MR) is 124 cm³/mol. The maximum Gasteiger partial charge on any atom is 0.154 e. The number of anilines is 1. The van der Waals surface area contributed by atoms with E-state index < -0.39 is 0 Å². The van der Waals surface area contributed by atoms with Crippen LogP contribution in [0.5, 0.6) is 0 Å². The molecule has 0 bridgehead atoms. The van der Waals surface area contributed by atoms with Crippen LogP contribution in [-0.4, -0.2) is 51.1 Å². The first-order valence-corrected chi connectivity index (χ1v) is 11.4. The molecule has 7 nitrogen and oxygen atoms in total. The van der Waals surface area contributed by atoms with Crippen LogP contribution in [0.2, 0.25) is 0 Å². The van der Waals surface area contributed by atoms with Crippen molar-refractivity contribution in [3.8, 4) is 17.5 Å². The van der Waals surface area contributed by atoms with E-state index in [1.807, 2.05) is 42.2 Å². The molecule has 1 saturated heterocycles. The highest BCUT2D eigenvalue weighted by Gasteiger charge is 2.29. The third kappa shape index (κ3) is 3.87. The molecule has 2 aliphatic rings. The molecule has 0 spiro atoms. The first kappa shape index (κ1) is 20.7. The van der Waals surface area contributed by atoms with Crippen LogP contribution in [0.1, 0.15) is 41.5 Å². The lowest BCUT2D eigenvalue weighted by Gasteiger charge is -2.37. The number of fused-ring (bicyclic) bond motifs is 1. The molecule has 0 N–H and O–H groups in total. The number of aryl methyl sites for hydroxylation is 1. The summed E-state index contributed by atoms with van der Waals surface area (Å²) in [6, 6.07) is 12.7. The molecule has 1 aromatic carbocycles. The quantitative estimate of drug-likeness (QED) is 0.622. The maximum atomic E-state index is 9.15. The highest BCUT2D eigenvalue weighted by Crippen LogP contribution is 2.36. The lowest BCUT2D eigenvalue weighted by atomic mass is 10.0. The van der Waals surface area contributed by atoms with Crippen molar-refractivity contribution >= 4 is 5.82 Å². The van der Waals surface area contributed by atoms with E-state index in [-0.39, 0.29) is 0 Å². The average molecular weight is 428 g/mol. The number of nitriles is 1. The van der Waals surface area contributed by atoms with Crippen LogP contribution in [0.3, 0.4) is 0 Å². The van der Waals surface area contributed by atoms with Crippen LogP contribution >= 0.6 is 0 Å². The van der Waals surface area contributed by atoms with Crippen molar-refractivity contribution in [3.05, 3.63) is 58.8 Å². The minimum Gasteiger partial charge on any atom is -0.355 e. The van der Waals surface area contributed by atoms with Crippen molar-refractivity contribution < 1.29 is 0 Å². The Morgan fingerprint density at radius 1 is 1.12 bits per heavy atom. The van der Waals surface area contributed by atoms with E-state index in [9.17, 15) is 0 Å². The number of nitrogens with zero attached hydrogens (tertiary/aromatic N) is 7. The molecule has 0 amide bonds. The molecule has 1 fully saturated rings. The SMILES string of the molecule is CN(Cc1cccc(C#N)c1)C1CCN(c2nnc(-c3ccnn3C)c3c2CCC3)CC1. The van der Waals surface area contributed by atoms with Crippen LogP contribution in [0.15, 0.2) is 36.5 Å². The molecule has 32 heavy (non-hydrogen) atoms. The van der Waals surface area contributed by atoms with E-state index in [1.165, 1.54) is 23.1 Å². The highest BCUT2D eigenvalue weighted by atomic mass is 15.3. The van der Waals surface area contributed by atoms with Gasteiger partial charge in [-0.05, 0) is 68.5 Å². The van der Waals surface area contributed by atoms with E-state index in [4.69, 9.17) is 10.4 Å². The van der Waals surface area contributed by atoms with Crippen molar-refractivity contribution in [2.75, 3.05) is 25.0 Å². The van der Waals surface area contributed by atoms with Crippen LogP contribution in [0, 0.1) is 11.3 Å². The largest absolute Gasteiger partial charge is 0.355 e. The standard InChI is InChI=1S/C25H29N7/c1-30(17-19-6-3-5-18(15-19)16-26)20-10-13-32(14-11-20)25-22-8-4-7-21(22)24(28-29-25)23-9-12-27-31(23)2/h3,5-6,9,12,15,20H,4,7-8,10-11,13-14,17H2,1-2H3. The number of hydrogen-bond acceptors (Lipinski definition) is 6. The Labute approximate surface area is 189 Å². The summed E-state index contributed by atoms with van der Waals surface area (Å²) in [5.41, 5.74) is 6.71. The van der Waals surface area contributed by atoms with Gasteiger partial charge < -0.3 is 4.90 Å². The van der Waals surface area contributed by atoms with Crippen molar-refractivity contribution in [1.29, 1.82) is 5.26 Å². The molecule has 3 aromatic rings. The minimum absolute atomic E-state index is 0.534. The fourth-order valence-electron chi connectivity index (χ4n) is 5.21. The molecule has 1 aliphatic heterocycles. The number of hydrogen-bond donors (Lipinski definition) is 0. The molecule has 3 heterocycles. The number of aromatic nitrogens is 4. The van der Waals surface area contributed by atoms with Gasteiger partial charge in [0.15, 0.2) is 5.82 Å². The summed E-state index contributed by atoms with van der Waals surface area (Å²) in [7, 11) is 4.16. The lowest BCUT2D eigenvalue weighted by molar-refractivity contribution is 0.200. The molecule has 0 atom stereocenters. The van der Waals surface area contributed by atoms with Gasteiger partial charge in [-0.25, -0.2) is 0 Å². The molecular weight excluding hydrogens is 398 g/mol. The summed E-state index contributed by atoms with van der Waals surface area (Å²) in [5, 5.41) is 22.8. The van der Waals surface area contributed by atoms with Crippen molar-refractivity contribution in [2.24, 2.45) is 7.05 Å². The van der Waals surface area contributed by atoms with Crippen LogP contribution in [-0.2, 0) is 26.4 Å². The van der Waals surface area contributed by atoms with Gasteiger partial charge in [-0.15, -0.1) is 10.2 Å². The molecular formula is C25H29N7. The average Bonchev–Trinajstić information content (AvgIpc) is 3.48. The third-order valence-electron chi connectivity index (χ3n) is 6.96. The number of piperidine rings is 1. The second kappa shape index (κ2) is 8.71. The van der Waals surface area contributed by atoms with Gasteiger partial charge in [-0.1, -0.05) is 12.1 Å². The van der Waals surface area contributed by atoms with Gasteiger partial charge in [0.1, 0.15) is 5.69 Å². The minimum atomic E-state index is 0.534. The molecule has 7 heteroatoms. The van der Waals surface area contributed by atoms with E-state index in [1.54, 1.807) is 0 Å². The summed E-state index contributed by atoms with van der Waals surface area (Å²) in [4.78, 5) is 4.86. The van der Waals surface area contributed by atoms with E-state index in [0.717, 1.165) is 68.1 Å². The number of rotatable bonds is 5. The number of benzene rings is 1. The van der Waals surface area contributed by atoms with Crippen LogP contribution < -0.4 is 4.90 Å². The second-order valence-corrected chi connectivity index (χ2v) is 8.97. The third-order valence-corrected chi connectivity index (χ3v) is 6.96. The van der Waals surface area contributed by atoms with Crippen LogP contribution in [0.25, 0.3) is 11.4 Å². The van der Waals surface area contributed by atoms with Gasteiger partial charge in [-0.2, -0.15) is 10.4 Å². The topological polar surface area (TPSA) is 73.9 Å². The fraction of sp³-hybridized carbons (Fsp3) is 0.440. The molecule has 0 unspecified atom stereocenters. The van der Waals surface area contributed by atoms with Gasteiger partial charge in [0.25, 0.3) is 0 Å². The van der Waals surface area contributed by atoms with Crippen molar-refractivity contribution in [3.63, 3.8) is 0 Å². The molecule has 0 saturated carbocycles. The molecule has 5 rings (SSSR count). The lowest BCUT2D eigenvalue weighted by Crippen LogP contribution is -2.43. The normalized spacial score (nSPS) is 16.4. The van der Waals surface area contributed by atoms with E-state index in [2.05, 4.69) is 39.2 Å². The van der Waals surface area contributed by atoms with E-state index in [0.29, 0.717) is 6.04 Å². The Balaban J connectivity index is 1.28.